The van der Waals surface area contributed by atoms with Crippen LogP contribution in [0.5, 0.6) is 0 Å². The topological polar surface area (TPSA) is 111 Å². The highest BCUT2D eigenvalue weighted by molar-refractivity contribution is 5.73. The number of nitrogens with zero attached hydrogens (tertiary/aromatic N) is 3. The van der Waals surface area contributed by atoms with Crippen LogP contribution >= 0.6 is 0 Å². The molecule has 0 radical (unpaired) electrons. The summed E-state index contributed by atoms with van der Waals surface area (Å²) in [5.41, 5.74) is 7.49. The van der Waals surface area contributed by atoms with E-state index in [0.717, 1.165) is 17.8 Å². The van der Waals surface area contributed by atoms with Gasteiger partial charge in [0, 0.05) is 31.4 Å². The molecule has 8 nitrogen and oxygen atoms in total. The quantitative estimate of drug-likeness (QED) is 0.761. The number of hydrogen-bond acceptors (Lipinski definition) is 5. The molecule has 3 N–H and O–H groups in total. The van der Waals surface area contributed by atoms with E-state index in [1.165, 1.54) is 9.13 Å². The van der Waals surface area contributed by atoms with E-state index < -0.39 is 12.0 Å². The molecule has 0 saturated heterocycles. The van der Waals surface area contributed by atoms with Gasteiger partial charge in [-0.05, 0) is 37.6 Å². The van der Waals surface area contributed by atoms with Crippen molar-refractivity contribution in [2.75, 3.05) is 13.6 Å². The van der Waals surface area contributed by atoms with Gasteiger partial charge in [-0.3, -0.25) is 14.2 Å². The van der Waals surface area contributed by atoms with Crippen molar-refractivity contribution in [2.45, 2.75) is 25.4 Å². The van der Waals surface area contributed by atoms with Gasteiger partial charge in [0.2, 0.25) is 0 Å². The molecule has 1 aromatic carbocycles. The minimum atomic E-state index is -1.07. The Morgan fingerprint density at radius 1 is 1.23 bits per heavy atom. The highest BCUT2D eigenvalue weighted by atomic mass is 16.4. The first-order valence-electron chi connectivity index (χ1n) is 8.39. The van der Waals surface area contributed by atoms with Gasteiger partial charge in [-0.2, -0.15) is 0 Å². The number of carboxylic acid groups (broad SMARTS) is 1. The number of aliphatic carboxylic acids is 1. The molecule has 0 spiro atoms. The average molecular weight is 358 g/mol. The summed E-state index contributed by atoms with van der Waals surface area (Å²) in [5.74, 6) is -1.07. The van der Waals surface area contributed by atoms with E-state index in [1.54, 1.807) is 31.3 Å². The summed E-state index contributed by atoms with van der Waals surface area (Å²) in [5, 5.41) is 8.89. The number of aromatic nitrogens is 2. The third-order valence-electron chi connectivity index (χ3n) is 4.82. The zero-order valence-electron chi connectivity index (χ0n) is 14.8. The van der Waals surface area contributed by atoms with E-state index in [4.69, 9.17) is 10.8 Å². The third-order valence-corrected chi connectivity index (χ3v) is 4.82. The van der Waals surface area contributed by atoms with Crippen LogP contribution in [-0.4, -0.2) is 44.7 Å². The minimum Gasteiger partial charge on any atom is -0.480 e. The molecule has 0 unspecified atom stereocenters. The lowest BCUT2D eigenvalue weighted by atomic mass is 10.1. The maximum absolute atomic E-state index is 12.9. The molecule has 8 heteroatoms. The Labute approximate surface area is 150 Å². The van der Waals surface area contributed by atoms with Crippen LogP contribution in [0.3, 0.4) is 0 Å². The summed E-state index contributed by atoms with van der Waals surface area (Å²) >= 11 is 0. The van der Waals surface area contributed by atoms with Crippen molar-refractivity contribution in [1.29, 1.82) is 0 Å². The molecule has 2 aromatic rings. The second kappa shape index (κ2) is 6.89. The fourth-order valence-electron chi connectivity index (χ4n) is 3.25. The molecule has 0 amide bonds. The van der Waals surface area contributed by atoms with Gasteiger partial charge in [0.25, 0.3) is 5.56 Å². The summed E-state index contributed by atoms with van der Waals surface area (Å²) in [6.07, 6.45) is 0.781. The number of rotatable bonds is 4. The fraction of sp³-hybridized carbons (Fsp3) is 0.389. The zero-order chi connectivity index (χ0) is 19.0. The molecule has 1 aromatic heterocycles. The SMILES string of the molecule is CN1CCc2c(n(C)c(=O)n(-c3ccc(C[C@H](N)C(=O)O)cc3)c2=O)C1. The molecular formula is C18H22N4O4. The predicted octanol–water partition coefficient (Wildman–Crippen LogP) is -0.521. The largest absolute Gasteiger partial charge is 0.480 e. The number of likely N-dealkylation sites (N-methyl/N-ethyl adjacent to an activating group) is 1. The first-order valence-corrected chi connectivity index (χ1v) is 8.39. The van der Waals surface area contributed by atoms with Gasteiger partial charge in [-0.25, -0.2) is 9.36 Å². The Hall–Kier alpha value is -2.71. The normalized spacial score (nSPS) is 15.5. The van der Waals surface area contributed by atoms with Gasteiger partial charge in [0.1, 0.15) is 6.04 Å². The van der Waals surface area contributed by atoms with Crippen LogP contribution < -0.4 is 17.0 Å². The molecule has 138 valence electrons. The third kappa shape index (κ3) is 3.21. The van der Waals surface area contributed by atoms with Crippen LogP contribution in [0.25, 0.3) is 5.69 Å². The highest BCUT2D eigenvalue weighted by Gasteiger charge is 2.23. The summed E-state index contributed by atoms with van der Waals surface area (Å²) in [6.45, 7) is 1.34. The molecule has 1 aliphatic heterocycles. The van der Waals surface area contributed by atoms with Gasteiger partial charge in [-0.1, -0.05) is 12.1 Å². The van der Waals surface area contributed by atoms with Crippen molar-refractivity contribution in [3.05, 3.63) is 61.9 Å². The average Bonchev–Trinajstić information content (AvgIpc) is 2.61. The number of hydrogen-bond donors (Lipinski definition) is 2. The lowest BCUT2D eigenvalue weighted by molar-refractivity contribution is -0.138. The van der Waals surface area contributed by atoms with Gasteiger partial charge >= 0.3 is 11.7 Å². The van der Waals surface area contributed by atoms with E-state index in [2.05, 4.69) is 4.90 Å². The zero-order valence-corrected chi connectivity index (χ0v) is 14.8. The van der Waals surface area contributed by atoms with Crippen LogP contribution in [0.4, 0.5) is 0 Å². The van der Waals surface area contributed by atoms with E-state index in [0.29, 0.717) is 24.2 Å². The standard InChI is InChI=1S/C18H22N4O4/c1-20-8-7-13-15(10-20)21(2)18(26)22(16(13)23)12-5-3-11(4-6-12)9-14(19)17(24)25/h3-6,14H,7-10,19H2,1-2H3,(H,24,25)/t14-/m0/s1. The minimum absolute atomic E-state index is 0.180. The van der Waals surface area contributed by atoms with E-state index >= 15 is 0 Å². The predicted molar refractivity (Wildman–Crippen MR) is 96.6 cm³/mol. The van der Waals surface area contributed by atoms with E-state index in [1.807, 2.05) is 7.05 Å². The Balaban J connectivity index is 2.03. The van der Waals surface area contributed by atoms with Gasteiger partial charge < -0.3 is 15.7 Å². The van der Waals surface area contributed by atoms with Crippen LogP contribution in [-0.2, 0) is 31.2 Å². The van der Waals surface area contributed by atoms with Crippen LogP contribution in [0.2, 0.25) is 0 Å². The second-order valence-electron chi connectivity index (χ2n) is 6.71. The Bertz CT molecular complexity index is 959. The molecule has 1 aliphatic rings. The van der Waals surface area contributed by atoms with Crippen LogP contribution in [0.1, 0.15) is 16.8 Å². The lowest BCUT2D eigenvalue weighted by Gasteiger charge is -2.26. The summed E-state index contributed by atoms with van der Waals surface area (Å²) in [4.78, 5) is 38.5. The van der Waals surface area contributed by atoms with E-state index in [9.17, 15) is 14.4 Å². The molecule has 1 atom stereocenters. The maximum Gasteiger partial charge on any atom is 0.335 e. The lowest BCUT2D eigenvalue weighted by Crippen LogP contribution is -2.45. The molecule has 26 heavy (non-hydrogen) atoms. The van der Waals surface area contributed by atoms with Crippen LogP contribution in [0, 0.1) is 0 Å². The molecule has 0 aliphatic carbocycles. The highest BCUT2D eigenvalue weighted by Crippen LogP contribution is 2.14. The monoisotopic (exact) mass is 358 g/mol. The number of benzene rings is 1. The molecule has 0 fully saturated rings. The molecule has 0 bridgehead atoms. The number of nitrogens with two attached hydrogens (primary N) is 1. The molecular weight excluding hydrogens is 336 g/mol. The van der Waals surface area contributed by atoms with Crippen molar-refractivity contribution in [1.82, 2.24) is 14.0 Å². The maximum atomic E-state index is 12.9. The fourth-order valence-corrected chi connectivity index (χ4v) is 3.25. The smallest absolute Gasteiger partial charge is 0.335 e. The summed E-state index contributed by atoms with van der Waals surface area (Å²) in [7, 11) is 3.63. The van der Waals surface area contributed by atoms with Crippen molar-refractivity contribution >= 4 is 5.97 Å². The first kappa shape index (κ1) is 18.1. The Morgan fingerprint density at radius 2 is 1.88 bits per heavy atom. The van der Waals surface area contributed by atoms with Crippen molar-refractivity contribution in [3.63, 3.8) is 0 Å². The van der Waals surface area contributed by atoms with Crippen molar-refractivity contribution < 1.29 is 9.90 Å². The summed E-state index contributed by atoms with van der Waals surface area (Å²) < 4.78 is 2.70. The number of fused-ring (bicyclic) bond motifs is 1. The van der Waals surface area contributed by atoms with Crippen molar-refractivity contribution in [3.8, 4) is 5.69 Å². The van der Waals surface area contributed by atoms with Gasteiger partial charge in [0.15, 0.2) is 0 Å². The molecule has 2 heterocycles. The Kier molecular flexibility index (Phi) is 4.80. The van der Waals surface area contributed by atoms with Gasteiger partial charge in [-0.15, -0.1) is 0 Å². The number of carboxylic acids is 1. The summed E-state index contributed by atoms with van der Waals surface area (Å²) in [6, 6.07) is 5.69. The van der Waals surface area contributed by atoms with Crippen molar-refractivity contribution in [2.24, 2.45) is 12.8 Å². The first-order chi connectivity index (χ1) is 12.3. The van der Waals surface area contributed by atoms with Crippen LogP contribution in [0.15, 0.2) is 33.9 Å². The second-order valence-corrected chi connectivity index (χ2v) is 6.71. The molecule has 0 saturated carbocycles. The van der Waals surface area contributed by atoms with Gasteiger partial charge in [0.05, 0.1) is 5.69 Å². The number of carbonyl (C=O) groups is 1. The molecule has 3 rings (SSSR count). The van der Waals surface area contributed by atoms with E-state index in [-0.39, 0.29) is 17.7 Å². The Morgan fingerprint density at radius 3 is 2.50 bits per heavy atom.